The van der Waals surface area contributed by atoms with Gasteiger partial charge in [-0.25, -0.2) is 0 Å². The number of hydrogen-bond acceptors (Lipinski definition) is 3. The zero-order valence-corrected chi connectivity index (χ0v) is 12.2. The molecular formula is C16H25NO2. The molecule has 1 aliphatic carbocycles. The number of phenolic OH excluding ortho intramolecular Hbond substituents is 1. The summed E-state index contributed by atoms with van der Waals surface area (Å²) in [6.07, 6.45) is 3.51. The molecule has 0 saturated carbocycles. The van der Waals surface area contributed by atoms with Gasteiger partial charge in [-0.3, -0.25) is 4.90 Å². The van der Waals surface area contributed by atoms with Crippen LogP contribution in [-0.4, -0.2) is 36.3 Å². The first-order chi connectivity index (χ1) is 9.13. The van der Waals surface area contributed by atoms with E-state index in [9.17, 15) is 5.11 Å². The van der Waals surface area contributed by atoms with Crippen LogP contribution in [0.1, 0.15) is 43.9 Å². The Morgan fingerprint density at radius 1 is 1.42 bits per heavy atom. The van der Waals surface area contributed by atoms with Crippen molar-refractivity contribution in [3.8, 4) is 5.75 Å². The van der Waals surface area contributed by atoms with Crippen LogP contribution >= 0.6 is 0 Å². The molecule has 0 fully saturated rings. The minimum absolute atomic E-state index is 0.376. The van der Waals surface area contributed by atoms with E-state index in [1.165, 1.54) is 24.0 Å². The molecule has 0 spiro atoms. The van der Waals surface area contributed by atoms with E-state index < -0.39 is 0 Å². The van der Waals surface area contributed by atoms with Gasteiger partial charge < -0.3 is 9.84 Å². The summed E-state index contributed by atoms with van der Waals surface area (Å²) in [5, 5.41) is 9.76. The molecule has 1 N–H and O–H groups in total. The number of methoxy groups -OCH3 is 1. The van der Waals surface area contributed by atoms with Gasteiger partial charge >= 0.3 is 0 Å². The maximum Gasteiger partial charge on any atom is 0.115 e. The van der Waals surface area contributed by atoms with E-state index in [-0.39, 0.29) is 0 Å². The van der Waals surface area contributed by atoms with Crippen molar-refractivity contribution < 1.29 is 9.84 Å². The number of fused-ring (bicyclic) bond motifs is 1. The van der Waals surface area contributed by atoms with Gasteiger partial charge in [0.1, 0.15) is 5.75 Å². The van der Waals surface area contributed by atoms with E-state index in [1.54, 1.807) is 13.2 Å². The Balaban J connectivity index is 2.26. The van der Waals surface area contributed by atoms with Gasteiger partial charge in [-0.2, -0.15) is 0 Å². The number of hydrogen-bond donors (Lipinski definition) is 1. The number of aryl methyl sites for hydroxylation is 1. The molecule has 1 aromatic carbocycles. The first-order valence-electron chi connectivity index (χ1n) is 7.20. The van der Waals surface area contributed by atoms with E-state index in [2.05, 4.69) is 24.8 Å². The molecule has 1 aromatic rings. The molecule has 0 heterocycles. The fourth-order valence-electron chi connectivity index (χ4n) is 3.08. The minimum atomic E-state index is 0.376. The second-order valence-electron chi connectivity index (χ2n) is 5.62. The highest BCUT2D eigenvalue weighted by molar-refractivity contribution is 5.38. The van der Waals surface area contributed by atoms with Crippen LogP contribution in [0.4, 0.5) is 0 Å². The molecule has 0 radical (unpaired) electrons. The van der Waals surface area contributed by atoms with Gasteiger partial charge in [-0.15, -0.1) is 0 Å². The number of nitrogens with zero attached hydrogens (tertiary/aromatic N) is 1. The normalized spacial score (nSPS) is 18.9. The third kappa shape index (κ3) is 3.28. The third-order valence-corrected chi connectivity index (χ3v) is 4.03. The van der Waals surface area contributed by atoms with E-state index in [0.717, 1.165) is 19.6 Å². The van der Waals surface area contributed by atoms with Crippen LogP contribution in [-0.2, 0) is 11.2 Å². The van der Waals surface area contributed by atoms with Crippen LogP contribution in [0.25, 0.3) is 0 Å². The Hall–Kier alpha value is -1.06. The maximum absolute atomic E-state index is 9.76. The largest absolute Gasteiger partial charge is 0.508 e. The minimum Gasteiger partial charge on any atom is -0.508 e. The second-order valence-corrected chi connectivity index (χ2v) is 5.62. The first-order valence-corrected chi connectivity index (χ1v) is 7.20. The molecule has 0 amide bonds. The predicted molar refractivity (Wildman–Crippen MR) is 77.5 cm³/mol. The van der Waals surface area contributed by atoms with Gasteiger partial charge in [-0.1, -0.05) is 6.07 Å². The Morgan fingerprint density at radius 2 is 2.21 bits per heavy atom. The highest BCUT2D eigenvalue weighted by Crippen LogP contribution is 2.36. The highest BCUT2D eigenvalue weighted by atomic mass is 16.5. The van der Waals surface area contributed by atoms with Crippen LogP contribution in [0.3, 0.4) is 0 Å². The van der Waals surface area contributed by atoms with Crippen molar-refractivity contribution in [2.24, 2.45) is 0 Å². The van der Waals surface area contributed by atoms with E-state index in [4.69, 9.17) is 4.74 Å². The maximum atomic E-state index is 9.76. The van der Waals surface area contributed by atoms with E-state index in [1.807, 2.05) is 6.07 Å². The lowest BCUT2D eigenvalue weighted by Gasteiger charge is -2.38. The molecule has 19 heavy (non-hydrogen) atoms. The van der Waals surface area contributed by atoms with Gasteiger partial charge in [0.05, 0.1) is 6.61 Å². The summed E-state index contributed by atoms with van der Waals surface area (Å²) in [5.41, 5.74) is 2.69. The lowest BCUT2D eigenvalue weighted by Crippen LogP contribution is -2.38. The van der Waals surface area contributed by atoms with Crippen molar-refractivity contribution in [2.75, 3.05) is 20.3 Å². The molecule has 3 heteroatoms. The quantitative estimate of drug-likeness (QED) is 0.886. The molecule has 0 aromatic heterocycles. The zero-order valence-electron chi connectivity index (χ0n) is 12.2. The molecule has 3 nitrogen and oxygen atoms in total. The molecule has 1 aliphatic rings. The number of aromatic hydroxyl groups is 1. The van der Waals surface area contributed by atoms with Crippen LogP contribution < -0.4 is 0 Å². The van der Waals surface area contributed by atoms with Gasteiger partial charge in [0.25, 0.3) is 0 Å². The average Bonchev–Trinajstić information content (AvgIpc) is 2.39. The van der Waals surface area contributed by atoms with Crippen LogP contribution in [0.5, 0.6) is 5.75 Å². The summed E-state index contributed by atoms with van der Waals surface area (Å²) in [6.45, 7) is 6.15. The van der Waals surface area contributed by atoms with E-state index in [0.29, 0.717) is 17.8 Å². The van der Waals surface area contributed by atoms with Crippen molar-refractivity contribution in [3.63, 3.8) is 0 Å². The first kappa shape index (κ1) is 14.4. The van der Waals surface area contributed by atoms with Crippen molar-refractivity contribution in [1.82, 2.24) is 4.90 Å². The Bertz CT molecular complexity index is 417. The summed E-state index contributed by atoms with van der Waals surface area (Å²) in [7, 11) is 1.75. The number of benzene rings is 1. The number of phenols is 1. The Morgan fingerprint density at radius 3 is 2.89 bits per heavy atom. The summed E-state index contributed by atoms with van der Waals surface area (Å²) < 4.78 is 5.23. The van der Waals surface area contributed by atoms with Crippen molar-refractivity contribution in [3.05, 3.63) is 29.3 Å². The molecule has 1 atom stereocenters. The van der Waals surface area contributed by atoms with Crippen molar-refractivity contribution in [1.29, 1.82) is 0 Å². The smallest absolute Gasteiger partial charge is 0.115 e. The van der Waals surface area contributed by atoms with E-state index >= 15 is 0 Å². The molecule has 0 aliphatic heterocycles. The number of ether oxygens (including phenoxy) is 1. The number of rotatable bonds is 5. The molecule has 106 valence electrons. The summed E-state index contributed by atoms with van der Waals surface area (Å²) in [5.74, 6) is 0.376. The highest BCUT2D eigenvalue weighted by Gasteiger charge is 2.27. The SMILES string of the molecule is COCCN(C(C)C)C1CCCc2ccc(O)cc21. The monoisotopic (exact) mass is 263 g/mol. The summed E-state index contributed by atoms with van der Waals surface area (Å²) in [6, 6.07) is 6.71. The van der Waals surface area contributed by atoms with Crippen LogP contribution in [0.2, 0.25) is 0 Å². The average molecular weight is 263 g/mol. The predicted octanol–water partition coefficient (Wildman–Crippen LogP) is 3.13. The molecular weight excluding hydrogens is 238 g/mol. The van der Waals surface area contributed by atoms with Gasteiger partial charge in [-0.05, 0) is 56.4 Å². The summed E-state index contributed by atoms with van der Waals surface area (Å²) >= 11 is 0. The third-order valence-electron chi connectivity index (χ3n) is 4.03. The zero-order chi connectivity index (χ0) is 13.8. The fourth-order valence-corrected chi connectivity index (χ4v) is 3.08. The van der Waals surface area contributed by atoms with Gasteiger partial charge in [0.2, 0.25) is 0 Å². The molecule has 1 unspecified atom stereocenters. The van der Waals surface area contributed by atoms with Gasteiger partial charge in [0.15, 0.2) is 0 Å². The lowest BCUT2D eigenvalue weighted by molar-refractivity contribution is 0.0876. The fraction of sp³-hybridized carbons (Fsp3) is 0.625. The molecule has 0 saturated heterocycles. The summed E-state index contributed by atoms with van der Waals surface area (Å²) in [4.78, 5) is 2.49. The van der Waals surface area contributed by atoms with Crippen molar-refractivity contribution >= 4 is 0 Å². The van der Waals surface area contributed by atoms with Crippen LogP contribution in [0, 0.1) is 0 Å². The van der Waals surface area contributed by atoms with Crippen LogP contribution in [0.15, 0.2) is 18.2 Å². The molecule has 0 bridgehead atoms. The van der Waals surface area contributed by atoms with Crippen molar-refractivity contribution in [2.45, 2.75) is 45.2 Å². The topological polar surface area (TPSA) is 32.7 Å². The standard InChI is InChI=1S/C16H25NO2/c1-12(2)17(9-10-19-3)16-6-4-5-13-7-8-14(18)11-15(13)16/h7-8,11-12,16,18H,4-6,9-10H2,1-3H3. The lowest BCUT2D eigenvalue weighted by atomic mass is 9.86. The Kier molecular flexibility index (Phi) is 4.83. The molecule has 2 rings (SSSR count). The Labute approximate surface area is 116 Å². The second kappa shape index (κ2) is 6.40. The van der Waals surface area contributed by atoms with Gasteiger partial charge in [0, 0.05) is 25.7 Å².